The summed E-state index contributed by atoms with van der Waals surface area (Å²) in [5.74, 6) is -1.86. The minimum absolute atomic E-state index is 0.0259. The number of rotatable bonds is 5. The molecule has 19 heavy (non-hydrogen) atoms. The Hall–Kier alpha value is -0.820. The van der Waals surface area contributed by atoms with Crippen LogP contribution in [0.3, 0.4) is 0 Å². The predicted octanol–water partition coefficient (Wildman–Crippen LogP) is 2.33. The Bertz CT molecular complexity index is 588. The number of carboxylic acid groups (broad SMARTS) is 1. The maximum atomic E-state index is 12.2. The van der Waals surface area contributed by atoms with Gasteiger partial charge in [-0.05, 0) is 18.2 Å². The molecule has 1 atom stereocenters. The van der Waals surface area contributed by atoms with E-state index in [-0.39, 0.29) is 21.5 Å². The lowest BCUT2D eigenvalue weighted by Crippen LogP contribution is -2.33. The van der Waals surface area contributed by atoms with Crippen molar-refractivity contribution in [2.24, 2.45) is 5.92 Å². The van der Waals surface area contributed by atoms with Gasteiger partial charge in [0.05, 0.1) is 20.9 Å². The van der Waals surface area contributed by atoms with E-state index >= 15 is 0 Å². The van der Waals surface area contributed by atoms with Gasteiger partial charge >= 0.3 is 5.97 Å². The monoisotopic (exact) mass is 325 g/mol. The first-order valence-corrected chi connectivity index (χ1v) is 7.50. The van der Waals surface area contributed by atoms with Crippen LogP contribution in [-0.4, -0.2) is 37.4 Å². The second-order valence-corrected chi connectivity index (χ2v) is 6.96. The van der Waals surface area contributed by atoms with Crippen LogP contribution in [0, 0.1) is 5.92 Å². The van der Waals surface area contributed by atoms with Crippen LogP contribution in [0.2, 0.25) is 10.0 Å². The number of benzene rings is 1. The summed E-state index contributed by atoms with van der Waals surface area (Å²) in [6, 6.07) is 3.94. The number of nitrogens with zero attached hydrogens (tertiary/aromatic N) is 1. The molecule has 5 nitrogen and oxygen atoms in total. The van der Waals surface area contributed by atoms with Crippen molar-refractivity contribution in [3.05, 3.63) is 28.2 Å². The first-order chi connectivity index (χ1) is 8.66. The average Bonchev–Trinajstić information content (AvgIpc) is 2.32. The molecule has 0 fully saturated rings. The summed E-state index contributed by atoms with van der Waals surface area (Å²) >= 11 is 11.5. The fraction of sp³-hybridized carbons (Fsp3) is 0.364. The summed E-state index contributed by atoms with van der Waals surface area (Å²) in [5, 5.41) is 9.17. The van der Waals surface area contributed by atoms with Gasteiger partial charge in [0.1, 0.15) is 0 Å². The van der Waals surface area contributed by atoms with Crippen molar-refractivity contribution in [3.8, 4) is 0 Å². The van der Waals surface area contributed by atoms with Crippen molar-refractivity contribution in [2.75, 3.05) is 13.6 Å². The van der Waals surface area contributed by atoms with Crippen LogP contribution in [0.4, 0.5) is 0 Å². The maximum absolute atomic E-state index is 12.2. The highest BCUT2D eigenvalue weighted by Crippen LogP contribution is 2.26. The summed E-state index contributed by atoms with van der Waals surface area (Å²) in [7, 11) is -2.46. The minimum Gasteiger partial charge on any atom is -0.481 e. The molecule has 0 amide bonds. The first-order valence-electron chi connectivity index (χ1n) is 5.30. The highest BCUT2D eigenvalue weighted by atomic mass is 35.5. The average molecular weight is 326 g/mol. The molecule has 1 rings (SSSR count). The van der Waals surface area contributed by atoms with Crippen LogP contribution in [0.15, 0.2) is 23.1 Å². The van der Waals surface area contributed by atoms with Crippen LogP contribution in [0.5, 0.6) is 0 Å². The highest BCUT2D eigenvalue weighted by molar-refractivity contribution is 7.89. The Kier molecular flexibility index (Phi) is 5.20. The zero-order valence-corrected chi connectivity index (χ0v) is 12.6. The molecule has 0 saturated carbocycles. The van der Waals surface area contributed by atoms with E-state index in [9.17, 15) is 13.2 Å². The van der Waals surface area contributed by atoms with Gasteiger partial charge in [0, 0.05) is 13.6 Å². The zero-order valence-electron chi connectivity index (χ0n) is 10.3. The molecule has 0 aromatic heterocycles. The van der Waals surface area contributed by atoms with E-state index in [0.717, 1.165) is 4.31 Å². The van der Waals surface area contributed by atoms with Crippen LogP contribution >= 0.6 is 23.2 Å². The first kappa shape index (κ1) is 16.2. The van der Waals surface area contributed by atoms with Crippen molar-refractivity contribution in [1.29, 1.82) is 0 Å². The lowest BCUT2D eigenvalue weighted by Gasteiger charge is -2.19. The smallest absolute Gasteiger partial charge is 0.307 e. The number of halogens is 2. The van der Waals surface area contributed by atoms with Crippen LogP contribution in [-0.2, 0) is 14.8 Å². The molecule has 0 aliphatic rings. The standard InChI is InChI=1S/C11H13Cl2NO4S/c1-7(11(15)16)6-14(2)19(17,18)8-3-4-9(12)10(13)5-8/h3-5,7H,6H2,1-2H3,(H,15,16). The Labute approximate surface area is 121 Å². The van der Waals surface area contributed by atoms with Gasteiger partial charge in [-0.25, -0.2) is 12.7 Å². The van der Waals surface area contributed by atoms with E-state index < -0.39 is 21.9 Å². The van der Waals surface area contributed by atoms with Crippen LogP contribution in [0.1, 0.15) is 6.92 Å². The maximum Gasteiger partial charge on any atom is 0.307 e. The lowest BCUT2D eigenvalue weighted by molar-refractivity contribution is -0.141. The molecule has 1 unspecified atom stereocenters. The quantitative estimate of drug-likeness (QED) is 0.901. The second kappa shape index (κ2) is 6.09. The van der Waals surface area contributed by atoms with Crippen molar-refractivity contribution in [2.45, 2.75) is 11.8 Å². The number of carboxylic acids is 1. The molecular weight excluding hydrogens is 313 g/mol. The molecule has 0 aliphatic heterocycles. The number of hydrogen-bond donors (Lipinski definition) is 1. The molecule has 1 N–H and O–H groups in total. The van der Waals surface area contributed by atoms with Crippen LogP contribution < -0.4 is 0 Å². The van der Waals surface area contributed by atoms with Gasteiger partial charge in [-0.1, -0.05) is 30.1 Å². The normalized spacial score (nSPS) is 13.5. The molecule has 1 aromatic rings. The van der Waals surface area contributed by atoms with Crippen molar-refractivity contribution < 1.29 is 18.3 Å². The fourth-order valence-corrected chi connectivity index (χ4v) is 3.03. The van der Waals surface area contributed by atoms with Gasteiger partial charge in [0.15, 0.2) is 0 Å². The number of sulfonamides is 1. The van der Waals surface area contributed by atoms with Crippen LogP contribution in [0.25, 0.3) is 0 Å². The molecule has 0 heterocycles. The van der Waals surface area contributed by atoms with Crippen molar-refractivity contribution in [3.63, 3.8) is 0 Å². The van der Waals surface area contributed by atoms with Gasteiger partial charge in [-0.2, -0.15) is 0 Å². The third-order valence-corrected chi connectivity index (χ3v) is 5.11. The molecule has 106 valence electrons. The van der Waals surface area contributed by atoms with Gasteiger partial charge < -0.3 is 5.11 Å². The summed E-state index contributed by atoms with van der Waals surface area (Å²) < 4.78 is 25.3. The molecular formula is C11H13Cl2NO4S. The number of carbonyl (C=O) groups is 1. The van der Waals surface area contributed by atoms with E-state index in [1.807, 2.05) is 0 Å². The summed E-state index contributed by atoms with van der Waals surface area (Å²) in [6.45, 7) is 1.31. The molecule has 0 spiro atoms. The van der Waals surface area contributed by atoms with Gasteiger partial charge in [-0.15, -0.1) is 0 Å². The Morgan fingerprint density at radius 3 is 2.42 bits per heavy atom. The van der Waals surface area contributed by atoms with E-state index in [4.69, 9.17) is 28.3 Å². The van der Waals surface area contributed by atoms with Gasteiger partial charge in [-0.3, -0.25) is 4.79 Å². The summed E-state index contributed by atoms with van der Waals surface area (Å²) in [4.78, 5) is 10.7. The fourth-order valence-electron chi connectivity index (χ4n) is 1.38. The van der Waals surface area contributed by atoms with Gasteiger partial charge in [0.2, 0.25) is 10.0 Å². The summed E-state index contributed by atoms with van der Waals surface area (Å²) in [5.41, 5.74) is 0. The molecule has 0 aliphatic carbocycles. The largest absolute Gasteiger partial charge is 0.481 e. The Morgan fingerprint density at radius 2 is 1.95 bits per heavy atom. The molecule has 0 bridgehead atoms. The topological polar surface area (TPSA) is 74.7 Å². The third-order valence-electron chi connectivity index (χ3n) is 2.55. The minimum atomic E-state index is -3.78. The molecule has 0 saturated heterocycles. The Balaban J connectivity index is 3.03. The second-order valence-electron chi connectivity index (χ2n) is 4.10. The molecule has 0 radical (unpaired) electrons. The number of hydrogen-bond acceptors (Lipinski definition) is 3. The van der Waals surface area contributed by atoms with E-state index in [1.165, 1.54) is 32.2 Å². The Morgan fingerprint density at radius 1 is 1.37 bits per heavy atom. The van der Waals surface area contributed by atoms with Crippen molar-refractivity contribution >= 4 is 39.2 Å². The zero-order chi connectivity index (χ0) is 14.8. The third kappa shape index (κ3) is 3.82. The molecule has 1 aromatic carbocycles. The molecule has 8 heteroatoms. The van der Waals surface area contributed by atoms with Gasteiger partial charge in [0.25, 0.3) is 0 Å². The van der Waals surface area contributed by atoms with E-state index in [0.29, 0.717) is 0 Å². The predicted molar refractivity (Wildman–Crippen MR) is 73.1 cm³/mol. The van der Waals surface area contributed by atoms with E-state index in [2.05, 4.69) is 0 Å². The van der Waals surface area contributed by atoms with E-state index in [1.54, 1.807) is 0 Å². The number of aliphatic carboxylic acids is 1. The van der Waals surface area contributed by atoms with Crippen molar-refractivity contribution in [1.82, 2.24) is 4.31 Å². The highest BCUT2D eigenvalue weighted by Gasteiger charge is 2.25. The lowest BCUT2D eigenvalue weighted by atomic mass is 10.2. The summed E-state index contributed by atoms with van der Waals surface area (Å²) in [6.07, 6.45) is 0. The SMILES string of the molecule is CC(CN(C)S(=O)(=O)c1ccc(Cl)c(Cl)c1)C(=O)O.